The first kappa shape index (κ1) is 24.6. The number of alkyl halides is 2. The normalized spacial score (nSPS) is 50.0. The lowest BCUT2D eigenvalue weighted by Gasteiger charge is -2.63. The van der Waals surface area contributed by atoms with Gasteiger partial charge in [0.1, 0.15) is 6.17 Å². The van der Waals surface area contributed by atoms with Gasteiger partial charge in [0.25, 0.3) is 0 Å². The number of hydroxylamine groups is 2. The molecule has 0 radical (unpaired) electrons. The average Bonchev–Trinajstić information content (AvgIpc) is 3.24. The monoisotopic (exact) mass is 495 g/mol. The molecule has 0 aromatic heterocycles. The van der Waals surface area contributed by atoms with Crippen molar-refractivity contribution >= 4 is 23.5 Å². The lowest BCUT2D eigenvalue weighted by Crippen LogP contribution is -2.70. The van der Waals surface area contributed by atoms with Gasteiger partial charge in [0.05, 0.1) is 6.10 Å². The van der Waals surface area contributed by atoms with Crippen LogP contribution in [-0.4, -0.2) is 57.7 Å². The van der Waals surface area contributed by atoms with E-state index in [1.165, 1.54) is 18.2 Å². The number of hydrogen-bond acceptors (Lipinski definition) is 5. The van der Waals surface area contributed by atoms with Gasteiger partial charge in [-0.1, -0.05) is 26.8 Å². The number of ketones is 1. The Morgan fingerprint density at radius 1 is 1.32 bits per heavy atom. The Labute approximate surface area is 205 Å². The topological polar surface area (TPSA) is 66.8 Å². The molecule has 1 aliphatic heterocycles. The van der Waals surface area contributed by atoms with Crippen molar-refractivity contribution in [1.82, 2.24) is 5.06 Å². The Morgan fingerprint density at radius 2 is 2.03 bits per heavy atom. The molecule has 0 amide bonds. The number of nitrogens with zero attached hydrogens (tertiary/aromatic N) is 1. The van der Waals surface area contributed by atoms with Crippen LogP contribution in [0.1, 0.15) is 53.4 Å². The fourth-order valence-corrected chi connectivity index (χ4v) is 8.70. The molecule has 4 fully saturated rings. The van der Waals surface area contributed by atoms with E-state index < -0.39 is 45.4 Å². The molecule has 9 atom stereocenters. The van der Waals surface area contributed by atoms with Gasteiger partial charge in [0.15, 0.2) is 17.1 Å². The summed E-state index contributed by atoms with van der Waals surface area (Å²) in [6.45, 7) is 8.93. The zero-order valence-corrected chi connectivity index (χ0v) is 21.2. The second-order valence-electron chi connectivity index (χ2n) is 12.0. The molecule has 4 aliphatic carbocycles. The number of halogens is 2. The van der Waals surface area contributed by atoms with Crippen LogP contribution in [0.15, 0.2) is 23.8 Å². The highest BCUT2D eigenvalue weighted by Gasteiger charge is 2.79. The Kier molecular flexibility index (Phi) is 5.57. The second kappa shape index (κ2) is 7.70. The van der Waals surface area contributed by atoms with Crippen LogP contribution in [0.3, 0.4) is 0 Å². The maximum atomic E-state index is 17.3. The second-order valence-corrected chi connectivity index (χ2v) is 12.4. The van der Waals surface area contributed by atoms with Crippen molar-refractivity contribution in [1.29, 1.82) is 0 Å². The van der Waals surface area contributed by atoms with E-state index >= 15 is 8.78 Å². The lowest BCUT2D eigenvalue weighted by molar-refractivity contribution is -0.264. The zero-order chi connectivity index (χ0) is 24.8. The molecule has 0 unspecified atom stereocenters. The van der Waals surface area contributed by atoms with E-state index in [1.807, 2.05) is 12.0 Å². The van der Waals surface area contributed by atoms with Crippen LogP contribution in [0, 0.1) is 34.5 Å². The first-order valence-electron chi connectivity index (χ1n) is 12.4. The van der Waals surface area contributed by atoms with Gasteiger partial charge in [-0.3, -0.25) is 14.4 Å². The van der Waals surface area contributed by atoms with Crippen molar-refractivity contribution in [3.8, 4) is 0 Å². The van der Waals surface area contributed by atoms with Crippen molar-refractivity contribution in [3.63, 3.8) is 0 Å². The number of thiol groups is 1. The summed E-state index contributed by atoms with van der Waals surface area (Å²) in [5, 5.41) is 12.9. The lowest BCUT2D eigenvalue weighted by atomic mass is 9.44. The molecule has 1 N–H and O–H groups in total. The SMILES string of the molecule is CC(C)CCN1C[C@@H]2C[C@H]3[C@@H]4C[C@H](F)C5=CC(=O)C=C[C@]5(C)[C@@]4(F)[C@@H](O)C[C@]3(C)[C@]2(C(=O)S)O1. The summed E-state index contributed by atoms with van der Waals surface area (Å²) in [4.78, 5) is 31.5. The van der Waals surface area contributed by atoms with E-state index in [0.717, 1.165) is 6.42 Å². The third kappa shape index (κ3) is 2.88. The van der Waals surface area contributed by atoms with Crippen molar-refractivity contribution in [3.05, 3.63) is 23.8 Å². The summed E-state index contributed by atoms with van der Waals surface area (Å²) in [6.07, 6.45) is 2.26. The molecule has 5 aliphatic rings. The molecule has 0 aromatic carbocycles. The minimum Gasteiger partial charge on any atom is -0.390 e. The number of carbonyl (C=O) groups is 2. The Morgan fingerprint density at radius 3 is 2.68 bits per heavy atom. The molecule has 188 valence electrons. The van der Waals surface area contributed by atoms with E-state index in [-0.39, 0.29) is 36.0 Å². The van der Waals surface area contributed by atoms with E-state index in [9.17, 15) is 14.7 Å². The van der Waals surface area contributed by atoms with E-state index in [2.05, 4.69) is 26.5 Å². The zero-order valence-electron chi connectivity index (χ0n) is 20.3. The maximum Gasteiger partial charge on any atom is 0.220 e. The highest BCUT2D eigenvalue weighted by Crippen LogP contribution is 2.72. The highest BCUT2D eigenvalue weighted by atomic mass is 32.1. The van der Waals surface area contributed by atoms with Crippen LogP contribution >= 0.6 is 12.6 Å². The van der Waals surface area contributed by atoms with Crippen LogP contribution < -0.4 is 0 Å². The summed E-state index contributed by atoms with van der Waals surface area (Å²) in [5.41, 5.74) is -5.64. The molecule has 0 aromatic rings. The molecule has 3 saturated carbocycles. The van der Waals surface area contributed by atoms with Crippen LogP contribution in [-0.2, 0) is 14.4 Å². The summed E-state index contributed by atoms with van der Waals surface area (Å²) in [5.74, 6) is -1.28. The van der Waals surface area contributed by atoms with Crippen molar-refractivity contribution < 1.29 is 28.3 Å². The summed E-state index contributed by atoms with van der Waals surface area (Å²) >= 11 is 4.27. The van der Waals surface area contributed by atoms with Gasteiger partial charge in [0.2, 0.25) is 5.12 Å². The van der Waals surface area contributed by atoms with Gasteiger partial charge in [-0.05, 0) is 62.2 Å². The number of hydrogen-bond donors (Lipinski definition) is 2. The van der Waals surface area contributed by atoms with Gasteiger partial charge >= 0.3 is 0 Å². The Balaban J connectivity index is 1.56. The summed E-state index contributed by atoms with van der Waals surface area (Å²) < 4.78 is 32.8. The molecular weight excluding hydrogens is 460 g/mol. The van der Waals surface area contributed by atoms with Gasteiger partial charge in [-0.2, -0.15) is 5.06 Å². The molecule has 0 spiro atoms. The molecule has 34 heavy (non-hydrogen) atoms. The van der Waals surface area contributed by atoms with Gasteiger partial charge in [-0.25, -0.2) is 8.78 Å². The fourth-order valence-electron chi connectivity index (χ4n) is 8.22. The van der Waals surface area contributed by atoms with Crippen LogP contribution in [0.5, 0.6) is 0 Å². The number of carbonyl (C=O) groups excluding carboxylic acids is 2. The van der Waals surface area contributed by atoms with E-state index in [1.54, 1.807) is 6.92 Å². The Bertz CT molecular complexity index is 986. The van der Waals surface area contributed by atoms with E-state index in [4.69, 9.17) is 4.84 Å². The predicted molar refractivity (Wildman–Crippen MR) is 126 cm³/mol. The number of rotatable bonds is 4. The number of fused-ring (bicyclic) bond motifs is 7. The van der Waals surface area contributed by atoms with Crippen LogP contribution in [0.4, 0.5) is 8.78 Å². The minimum absolute atomic E-state index is 0.00704. The van der Waals surface area contributed by atoms with Crippen molar-refractivity contribution in [2.45, 2.75) is 76.9 Å². The first-order chi connectivity index (χ1) is 15.8. The molecule has 1 heterocycles. The fraction of sp³-hybridized carbons (Fsp3) is 0.769. The van der Waals surface area contributed by atoms with E-state index in [0.29, 0.717) is 25.4 Å². The van der Waals surface area contributed by atoms with Gasteiger partial charge in [0, 0.05) is 35.8 Å². The quantitative estimate of drug-likeness (QED) is 0.577. The van der Waals surface area contributed by atoms with Crippen LogP contribution in [0.25, 0.3) is 0 Å². The number of aliphatic hydroxyl groups is 1. The maximum absolute atomic E-state index is 17.3. The third-order valence-electron chi connectivity index (χ3n) is 9.95. The highest BCUT2D eigenvalue weighted by molar-refractivity contribution is 7.96. The van der Waals surface area contributed by atoms with Crippen molar-refractivity contribution in [2.75, 3.05) is 13.1 Å². The molecule has 0 bridgehead atoms. The molecule has 5 rings (SSSR count). The number of allylic oxidation sites excluding steroid dienone is 4. The average molecular weight is 496 g/mol. The molecular formula is C26H35F2NO4S. The minimum atomic E-state index is -2.15. The van der Waals surface area contributed by atoms with Crippen LogP contribution in [0.2, 0.25) is 0 Å². The standard InChI is InChI=1S/C26H35F2NO4S/c1-14(2)6-8-29-13-15-9-17-18-11-20(27)19-10-16(30)5-7-23(19,3)25(18,28)21(31)12-24(17,4)26(15,33-29)22(32)34/h5,7,10,14-15,17-18,20-21,31H,6,8-9,11-13H2,1-4H3,(H,32,34)/t15-,17-,18-,20-,21-,23-,24-,25-,26-/m0/s1. The predicted octanol–water partition coefficient (Wildman–Crippen LogP) is 4.02. The molecule has 8 heteroatoms. The van der Waals surface area contributed by atoms with Gasteiger partial charge in [-0.15, -0.1) is 12.6 Å². The number of aliphatic hydroxyl groups excluding tert-OH is 1. The Hall–Kier alpha value is -1.09. The van der Waals surface area contributed by atoms with Crippen molar-refractivity contribution in [2.24, 2.45) is 34.5 Å². The largest absolute Gasteiger partial charge is 0.390 e. The summed E-state index contributed by atoms with van der Waals surface area (Å²) in [6, 6.07) is 0. The summed E-state index contributed by atoms with van der Waals surface area (Å²) in [7, 11) is 0. The molecule has 1 saturated heterocycles. The first-order valence-corrected chi connectivity index (χ1v) is 12.9. The smallest absolute Gasteiger partial charge is 0.220 e. The molecule has 5 nitrogen and oxygen atoms in total. The third-order valence-corrected chi connectivity index (χ3v) is 10.3. The van der Waals surface area contributed by atoms with Gasteiger partial charge < -0.3 is 5.11 Å².